The molecular formula is C12H12F3N3. The van der Waals surface area contributed by atoms with Gasteiger partial charge >= 0.3 is 6.18 Å². The lowest BCUT2D eigenvalue weighted by atomic mass is 10.1. The molecule has 0 amide bonds. The van der Waals surface area contributed by atoms with E-state index in [0.29, 0.717) is 11.4 Å². The molecule has 0 fully saturated rings. The van der Waals surface area contributed by atoms with Gasteiger partial charge in [-0.2, -0.15) is 13.2 Å². The van der Waals surface area contributed by atoms with Gasteiger partial charge in [0, 0.05) is 11.9 Å². The monoisotopic (exact) mass is 255 g/mol. The van der Waals surface area contributed by atoms with Crippen molar-refractivity contribution in [3.63, 3.8) is 0 Å². The number of nitrogen functional groups attached to an aromatic ring is 1. The fourth-order valence-corrected chi connectivity index (χ4v) is 1.79. The molecule has 0 atom stereocenters. The molecule has 0 aliphatic carbocycles. The molecule has 0 saturated heterocycles. The molecule has 2 aromatic rings. The number of nitrogens with zero attached hydrogens (tertiary/aromatic N) is 2. The molecule has 0 saturated carbocycles. The second-order valence-electron chi connectivity index (χ2n) is 4.11. The summed E-state index contributed by atoms with van der Waals surface area (Å²) in [6, 6.07) is 4.09. The minimum absolute atomic E-state index is 0.171. The molecule has 0 radical (unpaired) electrons. The molecule has 0 bridgehead atoms. The second-order valence-corrected chi connectivity index (χ2v) is 4.11. The van der Waals surface area contributed by atoms with Crippen molar-refractivity contribution in [1.82, 2.24) is 9.55 Å². The fraction of sp³-hybridized carbons (Fsp3) is 0.250. The van der Waals surface area contributed by atoms with Gasteiger partial charge in [-0.25, -0.2) is 4.98 Å². The average Bonchev–Trinajstić information content (AvgIpc) is 2.57. The van der Waals surface area contributed by atoms with E-state index < -0.39 is 11.7 Å². The van der Waals surface area contributed by atoms with E-state index in [9.17, 15) is 13.2 Å². The van der Waals surface area contributed by atoms with Gasteiger partial charge < -0.3 is 5.73 Å². The van der Waals surface area contributed by atoms with Crippen LogP contribution in [0.25, 0.3) is 5.69 Å². The van der Waals surface area contributed by atoms with Crippen molar-refractivity contribution in [3.8, 4) is 5.69 Å². The van der Waals surface area contributed by atoms with Crippen LogP contribution in [0.5, 0.6) is 0 Å². The summed E-state index contributed by atoms with van der Waals surface area (Å²) in [7, 11) is 0. The molecule has 0 aliphatic rings. The smallest absolute Gasteiger partial charge is 0.369 e. The topological polar surface area (TPSA) is 43.8 Å². The molecule has 0 spiro atoms. The van der Waals surface area contributed by atoms with Gasteiger partial charge in [-0.3, -0.25) is 4.57 Å². The molecule has 1 aromatic heterocycles. The fourth-order valence-electron chi connectivity index (χ4n) is 1.79. The summed E-state index contributed by atoms with van der Waals surface area (Å²) >= 11 is 0. The highest BCUT2D eigenvalue weighted by molar-refractivity contribution is 5.46. The Morgan fingerprint density at radius 1 is 1.22 bits per heavy atom. The summed E-state index contributed by atoms with van der Waals surface area (Å²) in [5.41, 5.74) is 6.17. The van der Waals surface area contributed by atoms with Crippen molar-refractivity contribution >= 4 is 5.95 Å². The molecule has 0 unspecified atom stereocenters. The summed E-state index contributed by atoms with van der Waals surface area (Å²) in [6.45, 7) is 3.15. The number of halogens is 3. The predicted octanol–water partition coefficient (Wildman–Crippen LogP) is 3.09. The molecule has 2 rings (SSSR count). The number of benzene rings is 1. The Morgan fingerprint density at radius 2 is 1.89 bits per heavy atom. The van der Waals surface area contributed by atoms with Gasteiger partial charge in [-0.05, 0) is 31.5 Å². The molecule has 96 valence electrons. The maximum atomic E-state index is 12.8. The largest absolute Gasteiger partial charge is 0.416 e. The normalized spacial score (nSPS) is 11.8. The molecule has 1 aromatic carbocycles. The summed E-state index contributed by atoms with van der Waals surface area (Å²) in [6.07, 6.45) is -2.77. The van der Waals surface area contributed by atoms with E-state index in [0.717, 1.165) is 6.07 Å². The van der Waals surface area contributed by atoms with Crippen LogP contribution in [0.3, 0.4) is 0 Å². The standard InChI is InChI=1S/C12H12F3N3/c1-7-3-4-9(5-10(7)12(13,14)15)18-6-8(2)17-11(18)16/h3-6H,1-2H3,(H2,16,17). The van der Waals surface area contributed by atoms with E-state index in [1.54, 1.807) is 19.2 Å². The van der Waals surface area contributed by atoms with E-state index in [4.69, 9.17) is 5.73 Å². The van der Waals surface area contributed by atoms with Crippen LogP contribution >= 0.6 is 0 Å². The molecule has 18 heavy (non-hydrogen) atoms. The Morgan fingerprint density at radius 3 is 2.39 bits per heavy atom. The van der Waals surface area contributed by atoms with E-state index in [2.05, 4.69) is 4.98 Å². The van der Waals surface area contributed by atoms with Gasteiger partial charge in [-0.1, -0.05) is 6.07 Å². The first-order valence-electron chi connectivity index (χ1n) is 5.28. The number of nitrogens with two attached hydrogens (primary N) is 1. The lowest BCUT2D eigenvalue weighted by Crippen LogP contribution is -2.09. The summed E-state index contributed by atoms with van der Waals surface area (Å²) in [5, 5.41) is 0. The van der Waals surface area contributed by atoms with Gasteiger partial charge in [0.05, 0.1) is 11.3 Å². The van der Waals surface area contributed by atoms with Crippen LogP contribution in [0.15, 0.2) is 24.4 Å². The minimum Gasteiger partial charge on any atom is -0.369 e. The number of aromatic nitrogens is 2. The zero-order valence-electron chi connectivity index (χ0n) is 9.92. The van der Waals surface area contributed by atoms with Gasteiger partial charge in [0.25, 0.3) is 0 Å². The first kappa shape index (κ1) is 12.5. The van der Waals surface area contributed by atoms with Crippen LogP contribution in [0.2, 0.25) is 0 Å². The summed E-state index contributed by atoms with van der Waals surface area (Å²) in [5.74, 6) is 0.171. The number of aryl methyl sites for hydroxylation is 2. The number of rotatable bonds is 1. The molecule has 1 heterocycles. The number of anilines is 1. The van der Waals surface area contributed by atoms with Crippen molar-refractivity contribution in [2.75, 3.05) is 5.73 Å². The maximum absolute atomic E-state index is 12.8. The Balaban J connectivity index is 2.57. The van der Waals surface area contributed by atoms with Crippen molar-refractivity contribution in [3.05, 3.63) is 41.2 Å². The third kappa shape index (κ3) is 2.18. The second kappa shape index (κ2) is 4.04. The first-order valence-corrected chi connectivity index (χ1v) is 5.28. The third-order valence-electron chi connectivity index (χ3n) is 2.66. The van der Waals surface area contributed by atoms with Crippen LogP contribution in [0, 0.1) is 13.8 Å². The van der Waals surface area contributed by atoms with Gasteiger partial charge in [0.15, 0.2) is 0 Å². The molecule has 6 heteroatoms. The predicted molar refractivity (Wildman–Crippen MR) is 62.5 cm³/mol. The number of imidazole rings is 1. The Hall–Kier alpha value is -1.98. The van der Waals surface area contributed by atoms with E-state index >= 15 is 0 Å². The molecule has 3 nitrogen and oxygen atoms in total. The number of alkyl halides is 3. The summed E-state index contributed by atoms with van der Waals surface area (Å²) < 4.78 is 39.8. The lowest BCUT2D eigenvalue weighted by molar-refractivity contribution is -0.138. The van der Waals surface area contributed by atoms with E-state index in [1.807, 2.05) is 0 Å². The van der Waals surface area contributed by atoms with Gasteiger partial charge in [0.1, 0.15) is 0 Å². The minimum atomic E-state index is -4.37. The van der Waals surface area contributed by atoms with E-state index in [-0.39, 0.29) is 11.5 Å². The van der Waals surface area contributed by atoms with E-state index in [1.165, 1.54) is 17.6 Å². The highest BCUT2D eigenvalue weighted by Crippen LogP contribution is 2.33. The zero-order valence-corrected chi connectivity index (χ0v) is 9.92. The third-order valence-corrected chi connectivity index (χ3v) is 2.66. The van der Waals surface area contributed by atoms with Crippen LogP contribution in [-0.2, 0) is 6.18 Å². The molecule has 0 aliphatic heterocycles. The lowest BCUT2D eigenvalue weighted by Gasteiger charge is -2.13. The average molecular weight is 255 g/mol. The van der Waals surface area contributed by atoms with Gasteiger partial charge in [0.2, 0.25) is 5.95 Å². The maximum Gasteiger partial charge on any atom is 0.416 e. The molecule has 2 N–H and O–H groups in total. The first-order chi connectivity index (χ1) is 8.29. The number of hydrogen-bond donors (Lipinski definition) is 1. The van der Waals surface area contributed by atoms with Crippen LogP contribution < -0.4 is 5.73 Å². The van der Waals surface area contributed by atoms with Crippen molar-refractivity contribution in [1.29, 1.82) is 0 Å². The van der Waals surface area contributed by atoms with Crippen LogP contribution in [-0.4, -0.2) is 9.55 Å². The molecular weight excluding hydrogens is 243 g/mol. The van der Waals surface area contributed by atoms with Crippen LogP contribution in [0.4, 0.5) is 19.1 Å². The summed E-state index contributed by atoms with van der Waals surface area (Å²) in [4.78, 5) is 3.96. The van der Waals surface area contributed by atoms with Crippen molar-refractivity contribution < 1.29 is 13.2 Å². The Kier molecular flexibility index (Phi) is 2.80. The van der Waals surface area contributed by atoms with Crippen LogP contribution in [0.1, 0.15) is 16.8 Å². The SMILES string of the molecule is Cc1cn(-c2ccc(C)c(C(F)(F)F)c2)c(N)n1. The van der Waals surface area contributed by atoms with Gasteiger partial charge in [-0.15, -0.1) is 0 Å². The highest BCUT2D eigenvalue weighted by Gasteiger charge is 2.32. The Labute approximate surface area is 102 Å². The number of hydrogen-bond acceptors (Lipinski definition) is 2. The van der Waals surface area contributed by atoms with Crippen molar-refractivity contribution in [2.24, 2.45) is 0 Å². The zero-order chi connectivity index (χ0) is 13.5. The van der Waals surface area contributed by atoms with Crippen molar-refractivity contribution in [2.45, 2.75) is 20.0 Å². The quantitative estimate of drug-likeness (QED) is 0.851. The highest BCUT2D eigenvalue weighted by atomic mass is 19.4. The Bertz CT molecular complexity index is 585.